The topological polar surface area (TPSA) is 71.1 Å². The lowest BCUT2D eigenvalue weighted by Gasteiger charge is -2.30. The Morgan fingerprint density at radius 1 is 1.04 bits per heavy atom. The van der Waals surface area contributed by atoms with Gasteiger partial charge in [-0.1, -0.05) is 44.7 Å². The zero-order valence-electron chi connectivity index (χ0n) is 16.5. The number of ether oxygens (including phenoxy) is 2. The summed E-state index contributed by atoms with van der Waals surface area (Å²) in [6.45, 7) is 15.5. The van der Waals surface area contributed by atoms with E-state index in [1.54, 1.807) is 13.8 Å². The second-order valence-corrected chi connectivity index (χ2v) is 7.34. The molecule has 1 aromatic carbocycles. The Kier molecular flexibility index (Phi) is 6.98. The van der Waals surface area contributed by atoms with Crippen LogP contribution in [0.3, 0.4) is 0 Å². The first-order valence-corrected chi connectivity index (χ1v) is 8.42. The Bertz CT molecular complexity index is 673. The number of hydrogen-bond acceptors (Lipinski definition) is 6. The summed E-state index contributed by atoms with van der Waals surface area (Å²) in [5.74, 6) is -2.00. The van der Waals surface area contributed by atoms with Crippen LogP contribution in [0.2, 0.25) is 0 Å². The zero-order chi connectivity index (χ0) is 20.1. The molecule has 0 saturated heterocycles. The number of rotatable bonds is 7. The van der Waals surface area contributed by atoms with Crippen molar-refractivity contribution in [2.45, 2.75) is 65.8 Å². The highest BCUT2D eigenvalue weighted by Crippen LogP contribution is 2.32. The van der Waals surface area contributed by atoms with Crippen LogP contribution in [0.4, 0.5) is 4.79 Å². The van der Waals surface area contributed by atoms with Crippen LogP contribution < -0.4 is 0 Å². The predicted octanol–water partition coefficient (Wildman–Crippen LogP) is 4.99. The third kappa shape index (κ3) is 6.19. The lowest BCUT2D eigenvalue weighted by atomic mass is 9.88. The van der Waals surface area contributed by atoms with E-state index in [9.17, 15) is 9.59 Å². The van der Waals surface area contributed by atoms with Gasteiger partial charge in [0.2, 0.25) is 0 Å². The molecular weight excluding hydrogens is 336 g/mol. The molecule has 0 saturated carbocycles. The van der Waals surface area contributed by atoms with E-state index in [1.807, 2.05) is 24.3 Å². The van der Waals surface area contributed by atoms with Crippen molar-refractivity contribution in [3.8, 4) is 0 Å². The predicted molar refractivity (Wildman–Crippen MR) is 97.2 cm³/mol. The first-order valence-electron chi connectivity index (χ1n) is 8.42. The molecule has 6 heteroatoms. The molecule has 0 aromatic heterocycles. The smallest absolute Gasteiger partial charge is 0.423 e. The fourth-order valence-corrected chi connectivity index (χ4v) is 2.26. The van der Waals surface area contributed by atoms with Gasteiger partial charge in [0, 0.05) is 19.4 Å². The molecule has 0 radical (unpaired) electrons. The maximum atomic E-state index is 12.2. The maximum Gasteiger partial charge on any atom is 0.511 e. The minimum atomic E-state index is -1.52. The van der Waals surface area contributed by atoms with E-state index in [0.717, 1.165) is 11.1 Å². The van der Waals surface area contributed by atoms with Crippen molar-refractivity contribution in [2.24, 2.45) is 0 Å². The number of benzene rings is 1. The summed E-state index contributed by atoms with van der Waals surface area (Å²) in [6, 6.07) is 7.75. The van der Waals surface area contributed by atoms with Gasteiger partial charge in [0.05, 0.1) is 0 Å². The average Bonchev–Trinajstić information content (AvgIpc) is 2.51. The monoisotopic (exact) mass is 364 g/mol. The molecule has 0 spiro atoms. The first kappa shape index (κ1) is 21.7. The highest BCUT2D eigenvalue weighted by Gasteiger charge is 2.34. The summed E-state index contributed by atoms with van der Waals surface area (Å²) in [6.07, 6.45) is -0.940. The maximum absolute atomic E-state index is 12.2. The molecule has 6 nitrogen and oxygen atoms in total. The van der Waals surface area contributed by atoms with Gasteiger partial charge in [0.1, 0.15) is 5.60 Å². The molecule has 1 rings (SSSR count). The zero-order valence-corrected chi connectivity index (χ0v) is 16.5. The van der Waals surface area contributed by atoms with Crippen molar-refractivity contribution in [3.63, 3.8) is 0 Å². The van der Waals surface area contributed by atoms with Crippen LogP contribution in [0, 0.1) is 0 Å². The Balaban J connectivity index is 2.80. The molecule has 0 bridgehead atoms. The van der Waals surface area contributed by atoms with Gasteiger partial charge >= 0.3 is 12.1 Å². The fraction of sp³-hybridized carbons (Fsp3) is 0.500. The van der Waals surface area contributed by atoms with Crippen LogP contribution in [0.25, 0.3) is 0 Å². The average molecular weight is 364 g/mol. The third-order valence-electron chi connectivity index (χ3n) is 3.57. The molecule has 0 atom stereocenters. The highest BCUT2D eigenvalue weighted by molar-refractivity contribution is 5.86. The summed E-state index contributed by atoms with van der Waals surface area (Å²) >= 11 is 0. The summed E-state index contributed by atoms with van der Waals surface area (Å²) < 4.78 is 10.6. The van der Waals surface area contributed by atoms with Gasteiger partial charge in [0.25, 0.3) is 5.79 Å². The van der Waals surface area contributed by atoms with Crippen molar-refractivity contribution in [1.82, 2.24) is 0 Å². The van der Waals surface area contributed by atoms with Gasteiger partial charge in [-0.05, 0) is 37.8 Å². The van der Waals surface area contributed by atoms with E-state index in [2.05, 4.69) is 25.3 Å². The normalized spacial score (nSPS) is 11.8. The van der Waals surface area contributed by atoms with Gasteiger partial charge in [-0.3, -0.25) is 4.89 Å². The van der Waals surface area contributed by atoms with E-state index in [4.69, 9.17) is 14.4 Å². The van der Waals surface area contributed by atoms with Crippen molar-refractivity contribution in [3.05, 3.63) is 47.5 Å². The molecule has 0 amide bonds. The van der Waals surface area contributed by atoms with Gasteiger partial charge in [-0.25, -0.2) is 9.59 Å². The molecule has 1 aromatic rings. The molecule has 0 fully saturated rings. The second kappa shape index (κ2) is 8.36. The minimum absolute atomic E-state index is 0.162. The standard InChI is InChI=1S/C20H28O6/c1-13(2)15-11-9-10-12-16(15)19(5,6)23-18(22)24-20(7,8)26-25-17(21)14(3)4/h9-13H,3H2,1-2,4-8H3. The fourth-order valence-electron chi connectivity index (χ4n) is 2.26. The summed E-state index contributed by atoms with van der Waals surface area (Å²) in [5.41, 5.74) is 1.22. The highest BCUT2D eigenvalue weighted by atomic mass is 17.2. The van der Waals surface area contributed by atoms with Crippen molar-refractivity contribution >= 4 is 12.1 Å². The minimum Gasteiger partial charge on any atom is -0.423 e. The first-order chi connectivity index (χ1) is 11.9. The molecule has 0 aliphatic heterocycles. The number of carbonyl (C=O) groups is 2. The van der Waals surface area contributed by atoms with Gasteiger partial charge in [-0.15, -0.1) is 4.89 Å². The van der Waals surface area contributed by atoms with Gasteiger partial charge in [0.15, 0.2) is 0 Å². The van der Waals surface area contributed by atoms with Crippen LogP contribution in [-0.4, -0.2) is 17.9 Å². The Morgan fingerprint density at radius 3 is 2.15 bits per heavy atom. The molecule has 0 aliphatic rings. The van der Waals surface area contributed by atoms with Crippen LogP contribution in [-0.2, 0) is 29.6 Å². The van der Waals surface area contributed by atoms with E-state index < -0.39 is 23.5 Å². The van der Waals surface area contributed by atoms with Gasteiger partial charge in [-0.2, -0.15) is 0 Å². The molecule has 144 valence electrons. The van der Waals surface area contributed by atoms with Crippen LogP contribution in [0.5, 0.6) is 0 Å². The van der Waals surface area contributed by atoms with Crippen LogP contribution in [0.1, 0.15) is 65.5 Å². The lowest BCUT2D eigenvalue weighted by molar-refractivity contribution is -0.379. The number of carbonyl (C=O) groups excluding carboxylic acids is 2. The second-order valence-electron chi connectivity index (χ2n) is 7.34. The number of hydrogen-bond donors (Lipinski definition) is 0. The van der Waals surface area contributed by atoms with Crippen molar-refractivity contribution < 1.29 is 28.8 Å². The largest absolute Gasteiger partial charge is 0.511 e. The van der Waals surface area contributed by atoms with Crippen LogP contribution in [0.15, 0.2) is 36.4 Å². The SMILES string of the molecule is C=C(C)C(=O)OOC(C)(C)OC(=O)OC(C)(C)c1ccccc1C(C)C. The molecule has 0 N–H and O–H groups in total. The van der Waals surface area contributed by atoms with Crippen molar-refractivity contribution in [2.75, 3.05) is 0 Å². The van der Waals surface area contributed by atoms with Crippen molar-refractivity contribution in [1.29, 1.82) is 0 Å². The van der Waals surface area contributed by atoms with E-state index in [0.29, 0.717) is 0 Å². The van der Waals surface area contributed by atoms with E-state index in [-0.39, 0.29) is 11.5 Å². The molecule has 26 heavy (non-hydrogen) atoms. The molecular formula is C20H28O6. The van der Waals surface area contributed by atoms with Crippen LogP contribution >= 0.6 is 0 Å². The summed E-state index contributed by atoms with van der Waals surface area (Å²) in [7, 11) is 0. The lowest BCUT2D eigenvalue weighted by Crippen LogP contribution is -2.36. The Morgan fingerprint density at radius 2 is 1.62 bits per heavy atom. The van der Waals surface area contributed by atoms with E-state index >= 15 is 0 Å². The molecule has 0 aliphatic carbocycles. The molecule has 0 unspecified atom stereocenters. The third-order valence-corrected chi connectivity index (χ3v) is 3.57. The molecule has 0 heterocycles. The summed E-state index contributed by atoms with van der Waals surface area (Å²) in [4.78, 5) is 33.0. The Labute approximate surface area is 155 Å². The quantitative estimate of drug-likeness (QED) is 0.223. The Hall–Kier alpha value is -2.34. The summed E-state index contributed by atoms with van der Waals surface area (Å²) in [5, 5.41) is 0. The van der Waals surface area contributed by atoms with E-state index in [1.165, 1.54) is 20.8 Å². The van der Waals surface area contributed by atoms with Gasteiger partial charge < -0.3 is 9.47 Å².